The summed E-state index contributed by atoms with van der Waals surface area (Å²) in [5.41, 5.74) is 2.17. The van der Waals surface area contributed by atoms with Crippen LogP contribution in [0.1, 0.15) is 33.6 Å². The topological polar surface area (TPSA) is 49.4 Å². The summed E-state index contributed by atoms with van der Waals surface area (Å²) in [6.07, 6.45) is 1.38. The van der Waals surface area contributed by atoms with Crippen molar-refractivity contribution in [3.8, 4) is 0 Å². The summed E-state index contributed by atoms with van der Waals surface area (Å²) < 4.78 is 0. The first-order chi connectivity index (χ1) is 5.91. The van der Waals surface area contributed by atoms with E-state index < -0.39 is 5.41 Å². The summed E-state index contributed by atoms with van der Waals surface area (Å²) >= 11 is 0. The highest BCUT2D eigenvalue weighted by atomic mass is 16.2. The summed E-state index contributed by atoms with van der Waals surface area (Å²) in [5.74, 6) is -0.0969. The molecule has 4 heteroatoms. The van der Waals surface area contributed by atoms with Crippen molar-refractivity contribution < 1.29 is 9.59 Å². The maximum Gasteiger partial charge on any atom is 0.243 e. The van der Waals surface area contributed by atoms with Gasteiger partial charge >= 0.3 is 0 Å². The van der Waals surface area contributed by atoms with Crippen molar-refractivity contribution in [1.29, 1.82) is 0 Å². The van der Waals surface area contributed by atoms with E-state index in [1.165, 1.54) is 5.01 Å². The Balaban J connectivity index is 2.49. The number of amides is 2. The average molecular weight is 184 g/mol. The normalized spacial score (nSPS) is 17.8. The van der Waals surface area contributed by atoms with Gasteiger partial charge in [0.1, 0.15) is 0 Å². The maximum atomic E-state index is 11.5. The molecule has 0 atom stereocenters. The van der Waals surface area contributed by atoms with Crippen LogP contribution in [0.25, 0.3) is 0 Å². The quantitative estimate of drug-likeness (QED) is 0.651. The molecule has 0 aromatic carbocycles. The van der Waals surface area contributed by atoms with Gasteiger partial charge in [0.25, 0.3) is 0 Å². The molecule has 1 rings (SSSR count). The number of hydrogen-bond donors (Lipinski definition) is 1. The van der Waals surface area contributed by atoms with Crippen molar-refractivity contribution in [1.82, 2.24) is 10.4 Å². The Morgan fingerprint density at radius 1 is 1.46 bits per heavy atom. The van der Waals surface area contributed by atoms with Crippen molar-refractivity contribution in [3.05, 3.63) is 0 Å². The molecule has 0 spiro atoms. The first kappa shape index (κ1) is 10.0. The zero-order valence-corrected chi connectivity index (χ0v) is 8.39. The molecule has 2 amide bonds. The van der Waals surface area contributed by atoms with E-state index in [0.29, 0.717) is 13.0 Å². The van der Waals surface area contributed by atoms with Crippen LogP contribution in [-0.2, 0) is 9.59 Å². The molecule has 1 heterocycles. The van der Waals surface area contributed by atoms with Crippen LogP contribution in [0, 0.1) is 5.41 Å². The highest BCUT2D eigenvalue weighted by molar-refractivity contribution is 5.85. The molecule has 13 heavy (non-hydrogen) atoms. The number of hydrogen-bond acceptors (Lipinski definition) is 2. The third-order valence-corrected chi connectivity index (χ3v) is 1.99. The molecule has 0 aromatic heterocycles. The monoisotopic (exact) mass is 184 g/mol. The van der Waals surface area contributed by atoms with E-state index in [-0.39, 0.29) is 11.8 Å². The zero-order valence-electron chi connectivity index (χ0n) is 8.39. The number of carbonyl (C=O) groups excluding carboxylic acids is 2. The molecule has 0 bridgehead atoms. The number of hydrazine groups is 1. The minimum Gasteiger partial charge on any atom is -0.273 e. The van der Waals surface area contributed by atoms with E-state index in [9.17, 15) is 9.59 Å². The second-order valence-corrected chi connectivity index (χ2v) is 4.34. The second kappa shape index (κ2) is 3.36. The van der Waals surface area contributed by atoms with Gasteiger partial charge in [-0.15, -0.1) is 0 Å². The number of carbonyl (C=O) groups is 2. The van der Waals surface area contributed by atoms with E-state index in [1.807, 2.05) is 20.8 Å². The summed E-state index contributed by atoms with van der Waals surface area (Å²) in [7, 11) is 0. The molecule has 1 aliphatic rings. The smallest absolute Gasteiger partial charge is 0.243 e. The molecular weight excluding hydrogens is 168 g/mol. The third-order valence-electron chi connectivity index (χ3n) is 1.99. The minimum atomic E-state index is -0.442. The molecule has 0 aromatic rings. The van der Waals surface area contributed by atoms with Crippen LogP contribution in [0.3, 0.4) is 0 Å². The Bertz CT molecular complexity index is 230. The SMILES string of the molecule is CC(C)(C)C(=O)NN1CCCC1=O. The van der Waals surface area contributed by atoms with Crippen molar-refractivity contribution >= 4 is 11.8 Å². The summed E-state index contributed by atoms with van der Waals surface area (Å²) in [6, 6.07) is 0. The standard InChI is InChI=1S/C9H16N2O2/c1-9(2,3)8(13)10-11-6-4-5-7(11)12/h4-6H2,1-3H3,(H,10,13). The van der Waals surface area contributed by atoms with Crippen LogP contribution in [0.15, 0.2) is 0 Å². The van der Waals surface area contributed by atoms with Gasteiger partial charge in [0.05, 0.1) is 0 Å². The van der Waals surface area contributed by atoms with Gasteiger partial charge in [0.15, 0.2) is 0 Å². The molecule has 0 saturated carbocycles. The lowest BCUT2D eigenvalue weighted by Crippen LogP contribution is -2.47. The molecule has 1 aliphatic heterocycles. The van der Waals surface area contributed by atoms with Crippen LogP contribution >= 0.6 is 0 Å². The summed E-state index contributed by atoms with van der Waals surface area (Å²) in [5, 5.41) is 1.41. The summed E-state index contributed by atoms with van der Waals surface area (Å²) in [6.45, 7) is 6.11. The highest BCUT2D eigenvalue weighted by Gasteiger charge is 2.27. The predicted octanol–water partition coefficient (Wildman–Crippen LogP) is 0.686. The molecule has 1 fully saturated rings. The molecular formula is C9H16N2O2. The van der Waals surface area contributed by atoms with Crippen LogP contribution in [0.5, 0.6) is 0 Å². The van der Waals surface area contributed by atoms with Gasteiger partial charge in [-0.05, 0) is 6.42 Å². The van der Waals surface area contributed by atoms with Crippen molar-refractivity contribution in [3.63, 3.8) is 0 Å². The largest absolute Gasteiger partial charge is 0.273 e. The lowest BCUT2D eigenvalue weighted by Gasteiger charge is -2.23. The lowest BCUT2D eigenvalue weighted by atomic mass is 9.96. The molecule has 74 valence electrons. The molecule has 1 saturated heterocycles. The highest BCUT2D eigenvalue weighted by Crippen LogP contribution is 2.14. The van der Waals surface area contributed by atoms with Gasteiger partial charge in [-0.1, -0.05) is 20.8 Å². The van der Waals surface area contributed by atoms with Crippen LogP contribution in [-0.4, -0.2) is 23.4 Å². The van der Waals surface area contributed by atoms with E-state index in [4.69, 9.17) is 0 Å². The molecule has 1 N–H and O–H groups in total. The fourth-order valence-electron chi connectivity index (χ4n) is 1.06. The minimum absolute atomic E-state index is 0.0117. The van der Waals surface area contributed by atoms with Gasteiger partial charge in [0.2, 0.25) is 11.8 Å². The molecule has 0 aliphatic carbocycles. The third kappa shape index (κ3) is 2.44. The van der Waals surface area contributed by atoms with E-state index >= 15 is 0 Å². The fraction of sp³-hybridized carbons (Fsp3) is 0.778. The Labute approximate surface area is 78.3 Å². The Morgan fingerprint density at radius 3 is 2.46 bits per heavy atom. The van der Waals surface area contributed by atoms with Crippen molar-refractivity contribution in [2.75, 3.05) is 6.54 Å². The number of rotatable bonds is 1. The molecule has 0 unspecified atom stereocenters. The summed E-state index contributed by atoms with van der Waals surface area (Å²) in [4.78, 5) is 22.6. The number of nitrogens with one attached hydrogen (secondary N) is 1. The van der Waals surface area contributed by atoms with Crippen molar-refractivity contribution in [2.45, 2.75) is 33.6 Å². The second-order valence-electron chi connectivity index (χ2n) is 4.34. The Morgan fingerprint density at radius 2 is 2.08 bits per heavy atom. The predicted molar refractivity (Wildman–Crippen MR) is 48.5 cm³/mol. The van der Waals surface area contributed by atoms with Gasteiger partial charge in [-0.25, -0.2) is 0 Å². The zero-order chi connectivity index (χ0) is 10.1. The first-order valence-corrected chi connectivity index (χ1v) is 4.53. The maximum absolute atomic E-state index is 11.5. The van der Waals surface area contributed by atoms with Crippen molar-refractivity contribution in [2.24, 2.45) is 5.41 Å². The Hall–Kier alpha value is -1.06. The van der Waals surface area contributed by atoms with E-state index in [1.54, 1.807) is 0 Å². The number of nitrogens with zero attached hydrogens (tertiary/aromatic N) is 1. The van der Waals surface area contributed by atoms with E-state index in [2.05, 4.69) is 5.43 Å². The lowest BCUT2D eigenvalue weighted by molar-refractivity contribution is -0.142. The van der Waals surface area contributed by atoms with Crippen LogP contribution in [0.4, 0.5) is 0 Å². The van der Waals surface area contributed by atoms with Gasteiger partial charge in [0, 0.05) is 18.4 Å². The Kier molecular flexibility index (Phi) is 2.59. The van der Waals surface area contributed by atoms with Gasteiger partial charge < -0.3 is 0 Å². The fourth-order valence-corrected chi connectivity index (χ4v) is 1.06. The first-order valence-electron chi connectivity index (χ1n) is 4.53. The van der Waals surface area contributed by atoms with E-state index in [0.717, 1.165) is 6.42 Å². The molecule has 4 nitrogen and oxygen atoms in total. The van der Waals surface area contributed by atoms with Gasteiger partial charge in [-0.2, -0.15) is 0 Å². The van der Waals surface area contributed by atoms with Crippen LogP contribution in [0.2, 0.25) is 0 Å². The van der Waals surface area contributed by atoms with Crippen LogP contribution < -0.4 is 5.43 Å². The molecule has 0 radical (unpaired) electrons. The van der Waals surface area contributed by atoms with Gasteiger partial charge in [-0.3, -0.25) is 20.0 Å². The average Bonchev–Trinajstić information content (AvgIpc) is 2.34.